The molecule has 0 aliphatic heterocycles. The molecule has 0 aromatic carbocycles. The first-order chi connectivity index (χ1) is 8.74. The molecule has 18 heavy (non-hydrogen) atoms. The van der Waals surface area contributed by atoms with Gasteiger partial charge in [0.1, 0.15) is 5.82 Å². The highest BCUT2D eigenvalue weighted by Crippen LogP contribution is 2.35. The van der Waals surface area contributed by atoms with Gasteiger partial charge < -0.3 is 10.4 Å². The highest BCUT2D eigenvalue weighted by atomic mass is 16.3. The summed E-state index contributed by atoms with van der Waals surface area (Å²) in [6.07, 6.45) is 7.87. The van der Waals surface area contributed by atoms with Crippen molar-refractivity contribution in [3.05, 3.63) is 23.8 Å². The first kappa shape index (κ1) is 13.4. The molecule has 1 saturated carbocycles. The Morgan fingerprint density at radius 2 is 2.11 bits per heavy atom. The Labute approximate surface area is 109 Å². The molecule has 4 heteroatoms. The van der Waals surface area contributed by atoms with E-state index in [1.165, 1.54) is 19.3 Å². The molecule has 0 amide bonds. The van der Waals surface area contributed by atoms with Gasteiger partial charge in [0.2, 0.25) is 0 Å². The molecule has 0 unspecified atom stereocenters. The summed E-state index contributed by atoms with van der Waals surface area (Å²) in [5.41, 5.74) is 1.12. The molecule has 0 atom stereocenters. The van der Waals surface area contributed by atoms with Crippen molar-refractivity contribution < 1.29 is 5.11 Å². The first-order valence-corrected chi connectivity index (χ1v) is 6.84. The van der Waals surface area contributed by atoms with Crippen LogP contribution in [0.3, 0.4) is 0 Å². The molecule has 1 aromatic heterocycles. The maximum Gasteiger partial charge on any atom is 0.125 e. The summed E-state index contributed by atoms with van der Waals surface area (Å²) in [6, 6.07) is 1.94. The smallest absolute Gasteiger partial charge is 0.125 e. The number of hydrogen-bond donors (Lipinski definition) is 2. The van der Waals surface area contributed by atoms with Crippen LogP contribution in [0.25, 0.3) is 0 Å². The van der Waals surface area contributed by atoms with Gasteiger partial charge in [-0.3, -0.25) is 0 Å². The minimum absolute atomic E-state index is 0.0975. The fourth-order valence-corrected chi connectivity index (χ4v) is 2.75. The van der Waals surface area contributed by atoms with Gasteiger partial charge in [0.25, 0.3) is 0 Å². The van der Waals surface area contributed by atoms with Crippen LogP contribution < -0.4 is 5.32 Å². The van der Waals surface area contributed by atoms with Crippen molar-refractivity contribution >= 4 is 0 Å². The average Bonchev–Trinajstić information content (AvgIpc) is 2.40. The Hall–Kier alpha value is -1.00. The second-order valence-corrected chi connectivity index (χ2v) is 5.42. The molecule has 4 nitrogen and oxygen atoms in total. The Kier molecular flexibility index (Phi) is 4.66. The Bertz CT molecular complexity index is 375. The summed E-state index contributed by atoms with van der Waals surface area (Å²) in [6.45, 7) is 3.83. The van der Waals surface area contributed by atoms with E-state index in [1.54, 1.807) is 6.20 Å². The van der Waals surface area contributed by atoms with Crippen molar-refractivity contribution in [1.82, 2.24) is 15.3 Å². The third-order valence-corrected chi connectivity index (χ3v) is 3.89. The predicted octanol–water partition coefficient (Wildman–Crippen LogP) is 1.82. The second kappa shape index (κ2) is 6.25. The minimum atomic E-state index is 0.0975. The zero-order valence-corrected chi connectivity index (χ0v) is 11.2. The monoisotopic (exact) mass is 249 g/mol. The number of aliphatic hydroxyl groups is 1. The first-order valence-electron chi connectivity index (χ1n) is 6.84. The van der Waals surface area contributed by atoms with Gasteiger partial charge in [0.15, 0.2) is 0 Å². The third-order valence-electron chi connectivity index (χ3n) is 3.89. The standard InChI is InChI=1S/C14H23N3O/c1-12-16-8-5-13(17-12)9-15-10-14(11-18)6-3-2-4-7-14/h5,8,15,18H,2-4,6-7,9-11H2,1H3. The molecule has 0 radical (unpaired) electrons. The van der Waals surface area contributed by atoms with Crippen molar-refractivity contribution in [2.24, 2.45) is 5.41 Å². The fraction of sp³-hybridized carbons (Fsp3) is 0.714. The fourth-order valence-electron chi connectivity index (χ4n) is 2.75. The molecule has 0 saturated heterocycles. The molecule has 2 N–H and O–H groups in total. The maximum atomic E-state index is 9.62. The van der Waals surface area contributed by atoms with Crippen molar-refractivity contribution in [2.75, 3.05) is 13.2 Å². The molecule has 1 fully saturated rings. The molecule has 2 rings (SSSR count). The average molecular weight is 249 g/mol. The van der Waals surface area contributed by atoms with E-state index in [0.717, 1.165) is 37.4 Å². The van der Waals surface area contributed by atoms with Crippen molar-refractivity contribution in [2.45, 2.75) is 45.6 Å². The zero-order chi connectivity index (χ0) is 12.8. The van der Waals surface area contributed by atoms with Crippen molar-refractivity contribution in [3.8, 4) is 0 Å². The van der Waals surface area contributed by atoms with Crippen LogP contribution in [0.2, 0.25) is 0 Å². The van der Waals surface area contributed by atoms with Gasteiger partial charge in [0, 0.05) is 31.3 Å². The van der Waals surface area contributed by atoms with E-state index >= 15 is 0 Å². The minimum Gasteiger partial charge on any atom is -0.396 e. The molecular weight excluding hydrogens is 226 g/mol. The summed E-state index contributed by atoms with van der Waals surface area (Å²) in [4.78, 5) is 8.46. The van der Waals surface area contributed by atoms with Crippen molar-refractivity contribution in [1.29, 1.82) is 0 Å². The van der Waals surface area contributed by atoms with Crippen LogP contribution in [0.4, 0.5) is 0 Å². The normalized spacial score (nSPS) is 18.8. The lowest BCUT2D eigenvalue weighted by atomic mass is 9.74. The highest BCUT2D eigenvalue weighted by molar-refractivity contribution is 5.01. The maximum absolute atomic E-state index is 9.62. The molecule has 100 valence electrons. The number of aryl methyl sites for hydroxylation is 1. The molecular formula is C14H23N3O. The van der Waals surface area contributed by atoms with Gasteiger partial charge in [-0.05, 0) is 25.8 Å². The number of aromatic nitrogens is 2. The van der Waals surface area contributed by atoms with E-state index < -0.39 is 0 Å². The lowest BCUT2D eigenvalue weighted by Gasteiger charge is -2.35. The lowest BCUT2D eigenvalue weighted by Crippen LogP contribution is -2.39. The van der Waals surface area contributed by atoms with Gasteiger partial charge in [-0.15, -0.1) is 0 Å². The lowest BCUT2D eigenvalue weighted by molar-refractivity contribution is 0.0809. The zero-order valence-electron chi connectivity index (χ0n) is 11.2. The molecule has 0 bridgehead atoms. The molecule has 1 aromatic rings. The van der Waals surface area contributed by atoms with E-state index in [1.807, 2.05) is 13.0 Å². The van der Waals surface area contributed by atoms with Crippen molar-refractivity contribution in [3.63, 3.8) is 0 Å². The summed E-state index contributed by atoms with van der Waals surface area (Å²) < 4.78 is 0. The largest absolute Gasteiger partial charge is 0.396 e. The molecule has 1 aliphatic carbocycles. The highest BCUT2D eigenvalue weighted by Gasteiger charge is 2.30. The summed E-state index contributed by atoms with van der Waals surface area (Å²) >= 11 is 0. The van der Waals surface area contributed by atoms with Crippen LogP contribution in [0, 0.1) is 12.3 Å². The molecule has 1 aliphatic rings. The van der Waals surface area contributed by atoms with Gasteiger partial charge >= 0.3 is 0 Å². The number of rotatable bonds is 5. The predicted molar refractivity (Wildman–Crippen MR) is 71.1 cm³/mol. The SMILES string of the molecule is Cc1nccc(CNCC2(CO)CCCCC2)n1. The Morgan fingerprint density at radius 3 is 2.78 bits per heavy atom. The second-order valence-electron chi connectivity index (χ2n) is 5.42. The van der Waals surface area contributed by atoms with E-state index in [0.29, 0.717) is 6.61 Å². The number of nitrogens with one attached hydrogen (secondary N) is 1. The quantitative estimate of drug-likeness (QED) is 0.835. The van der Waals surface area contributed by atoms with Gasteiger partial charge in [0.05, 0.1) is 5.69 Å². The Morgan fingerprint density at radius 1 is 1.33 bits per heavy atom. The number of nitrogens with zero attached hydrogens (tertiary/aromatic N) is 2. The van der Waals surface area contributed by atoms with Crippen LogP contribution in [0.1, 0.15) is 43.6 Å². The van der Waals surface area contributed by atoms with E-state index in [-0.39, 0.29) is 5.41 Å². The van der Waals surface area contributed by atoms with Gasteiger partial charge in [-0.1, -0.05) is 19.3 Å². The summed E-state index contributed by atoms with van der Waals surface area (Å²) in [5, 5.41) is 13.1. The van der Waals surface area contributed by atoms with E-state index in [9.17, 15) is 5.11 Å². The van der Waals surface area contributed by atoms with Crippen LogP contribution in [0.5, 0.6) is 0 Å². The summed E-state index contributed by atoms with van der Waals surface area (Å²) in [7, 11) is 0. The van der Waals surface area contributed by atoms with Gasteiger partial charge in [-0.25, -0.2) is 9.97 Å². The topological polar surface area (TPSA) is 58.0 Å². The summed E-state index contributed by atoms with van der Waals surface area (Å²) in [5.74, 6) is 0.809. The third kappa shape index (κ3) is 3.50. The Balaban J connectivity index is 1.83. The van der Waals surface area contributed by atoms with Crippen LogP contribution in [0.15, 0.2) is 12.3 Å². The van der Waals surface area contributed by atoms with Crippen LogP contribution in [-0.2, 0) is 6.54 Å². The van der Waals surface area contributed by atoms with E-state index in [4.69, 9.17) is 0 Å². The number of aliphatic hydroxyl groups excluding tert-OH is 1. The van der Waals surface area contributed by atoms with Crippen LogP contribution >= 0.6 is 0 Å². The van der Waals surface area contributed by atoms with E-state index in [2.05, 4.69) is 15.3 Å². The number of hydrogen-bond acceptors (Lipinski definition) is 4. The molecule has 1 heterocycles. The molecule has 0 spiro atoms. The van der Waals surface area contributed by atoms with Gasteiger partial charge in [-0.2, -0.15) is 0 Å². The van der Waals surface area contributed by atoms with Crippen LogP contribution in [-0.4, -0.2) is 28.2 Å².